The van der Waals surface area contributed by atoms with Crippen LogP contribution in [0.3, 0.4) is 0 Å². The Bertz CT molecular complexity index is 593. The van der Waals surface area contributed by atoms with Gasteiger partial charge in [0.1, 0.15) is 5.82 Å². The minimum atomic E-state index is -0.739. The average molecular weight is 271 g/mol. The minimum absolute atomic E-state index is 0.121. The van der Waals surface area contributed by atoms with Crippen molar-refractivity contribution in [1.82, 2.24) is 5.32 Å². The van der Waals surface area contributed by atoms with E-state index in [1.807, 2.05) is 30.3 Å². The molecule has 0 bridgehead atoms. The number of hydrogen-bond acceptors (Lipinski definition) is 1. The van der Waals surface area contributed by atoms with Crippen molar-refractivity contribution < 1.29 is 9.18 Å². The minimum Gasteiger partial charge on any atom is -0.347 e. The van der Waals surface area contributed by atoms with E-state index in [0.717, 1.165) is 5.56 Å². The van der Waals surface area contributed by atoms with Crippen molar-refractivity contribution in [3.63, 3.8) is 0 Å². The molecule has 0 spiro atoms. The van der Waals surface area contributed by atoms with Gasteiger partial charge >= 0.3 is 0 Å². The number of amides is 1. The summed E-state index contributed by atoms with van der Waals surface area (Å²) in [6, 6.07) is 16.0. The molecule has 0 saturated carbocycles. The molecule has 2 aromatic rings. The maximum Gasteiger partial charge on any atom is 0.225 e. The van der Waals surface area contributed by atoms with Gasteiger partial charge in [-0.25, -0.2) is 4.39 Å². The lowest BCUT2D eigenvalue weighted by molar-refractivity contribution is -0.122. The summed E-state index contributed by atoms with van der Waals surface area (Å²) in [7, 11) is 0. The third-order valence-electron chi connectivity index (χ3n) is 3.21. The van der Waals surface area contributed by atoms with Crippen LogP contribution < -0.4 is 5.32 Å². The van der Waals surface area contributed by atoms with Gasteiger partial charge in [-0.15, -0.1) is 0 Å². The second-order valence-corrected chi connectivity index (χ2v) is 5.32. The van der Waals surface area contributed by atoms with Crippen molar-refractivity contribution in [2.45, 2.75) is 25.8 Å². The van der Waals surface area contributed by atoms with Crippen LogP contribution in [0.2, 0.25) is 0 Å². The summed E-state index contributed by atoms with van der Waals surface area (Å²) in [6.07, 6.45) is 0.290. The first-order chi connectivity index (χ1) is 9.49. The highest BCUT2D eigenvalue weighted by atomic mass is 19.1. The van der Waals surface area contributed by atoms with Gasteiger partial charge in [0.25, 0.3) is 0 Å². The summed E-state index contributed by atoms with van der Waals surface area (Å²) in [5.74, 6) is -0.429. The first kappa shape index (κ1) is 14.3. The molecule has 1 N–H and O–H groups in total. The van der Waals surface area contributed by atoms with Gasteiger partial charge in [0.2, 0.25) is 5.91 Å². The summed E-state index contributed by atoms with van der Waals surface area (Å²) < 4.78 is 13.8. The lowest BCUT2D eigenvalue weighted by Crippen LogP contribution is -2.42. The molecular weight excluding hydrogens is 253 g/mol. The van der Waals surface area contributed by atoms with Gasteiger partial charge in [0, 0.05) is 5.56 Å². The van der Waals surface area contributed by atoms with E-state index < -0.39 is 5.54 Å². The van der Waals surface area contributed by atoms with Crippen molar-refractivity contribution in [1.29, 1.82) is 0 Å². The lowest BCUT2D eigenvalue weighted by atomic mass is 9.93. The van der Waals surface area contributed by atoms with Gasteiger partial charge in [-0.05, 0) is 25.5 Å². The highest BCUT2D eigenvalue weighted by Gasteiger charge is 2.25. The summed E-state index contributed by atoms with van der Waals surface area (Å²) >= 11 is 0. The Balaban J connectivity index is 2.09. The summed E-state index contributed by atoms with van der Waals surface area (Å²) in [4.78, 5) is 12.1. The van der Waals surface area contributed by atoms with Gasteiger partial charge in [-0.2, -0.15) is 0 Å². The standard InChI is InChI=1S/C17H18FNO/c1-17(2,14-10-6-7-11-15(14)18)19-16(20)12-13-8-4-3-5-9-13/h3-11H,12H2,1-2H3,(H,19,20). The number of halogens is 1. The van der Waals surface area contributed by atoms with Gasteiger partial charge in [-0.3, -0.25) is 4.79 Å². The average Bonchev–Trinajstić information content (AvgIpc) is 2.39. The van der Waals surface area contributed by atoms with Crippen LogP contribution in [-0.2, 0) is 16.8 Å². The van der Waals surface area contributed by atoms with E-state index in [1.54, 1.807) is 32.0 Å². The Hall–Kier alpha value is -2.16. The molecule has 2 aromatic carbocycles. The molecule has 0 unspecified atom stereocenters. The monoisotopic (exact) mass is 271 g/mol. The maximum absolute atomic E-state index is 13.8. The van der Waals surface area contributed by atoms with E-state index in [-0.39, 0.29) is 11.7 Å². The fourth-order valence-corrected chi connectivity index (χ4v) is 2.21. The molecule has 0 saturated heterocycles. The van der Waals surface area contributed by atoms with E-state index in [2.05, 4.69) is 5.32 Å². The molecule has 0 radical (unpaired) electrons. The molecule has 0 aromatic heterocycles. The molecule has 0 aliphatic rings. The van der Waals surface area contributed by atoms with Gasteiger partial charge < -0.3 is 5.32 Å². The second kappa shape index (κ2) is 5.87. The van der Waals surface area contributed by atoms with Crippen LogP contribution in [0.5, 0.6) is 0 Å². The zero-order valence-electron chi connectivity index (χ0n) is 11.7. The van der Waals surface area contributed by atoms with Crippen LogP contribution in [-0.4, -0.2) is 5.91 Å². The highest BCUT2D eigenvalue weighted by Crippen LogP contribution is 2.22. The molecule has 20 heavy (non-hydrogen) atoms. The van der Waals surface area contributed by atoms with E-state index >= 15 is 0 Å². The first-order valence-electron chi connectivity index (χ1n) is 6.59. The summed E-state index contributed by atoms with van der Waals surface area (Å²) in [5, 5.41) is 2.88. The Morgan fingerprint density at radius 3 is 2.30 bits per heavy atom. The van der Waals surface area contributed by atoms with E-state index in [9.17, 15) is 9.18 Å². The van der Waals surface area contributed by atoms with Gasteiger partial charge in [0.05, 0.1) is 12.0 Å². The maximum atomic E-state index is 13.8. The van der Waals surface area contributed by atoms with Gasteiger partial charge in [0.15, 0.2) is 0 Å². The Morgan fingerprint density at radius 1 is 1.05 bits per heavy atom. The van der Waals surface area contributed by atoms with E-state index in [0.29, 0.717) is 12.0 Å². The van der Waals surface area contributed by atoms with Crippen molar-refractivity contribution in [3.05, 3.63) is 71.5 Å². The topological polar surface area (TPSA) is 29.1 Å². The molecule has 0 heterocycles. The summed E-state index contributed by atoms with van der Waals surface area (Å²) in [6.45, 7) is 3.60. The van der Waals surface area contributed by atoms with Crippen LogP contribution >= 0.6 is 0 Å². The quantitative estimate of drug-likeness (QED) is 0.907. The molecule has 2 rings (SSSR count). The Kier molecular flexibility index (Phi) is 4.18. The van der Waals surface area contributed by atoms with E-state index in [4.69, 9.17) is 0 Å². The van der Waals surface area contributed by atoms with Crippen LogP contribution in [0, 0.1) is 5.82 Å². The molecular formula is C17H18FNO. The normalized spacial score (nSPS) is 11.2. The van der Waals surface area contributed by atoms with E-state index in [1.165, 1.54) is 6.07 Å². The zero-order valence-corrected chi connectivity index (χ0v) is 11.7. The van der Waals surface area contributed by atoms with Crippen LogP contribution in [0.15, 0.2) is 54.6 Å². The lowest BCUT2D eigenvalue weighted by Gasteiger charge is -2.27. The van der Waals surface area contributed by atoms with Gasteiger partial charge in [-0.1, -0.05) is 48.5 Å². The molecule has 104 valence electrons. The number of carbonyl (C=O) groups excluding carboxylic acids is 1. The van der Waals surface area contributed by atoms with Crippen molar-refractivity contribution in [2.75, 3.05) is 0 Å². The second-order valence-electron chi connectivity index (χ2n) is 5.32. The molecule has 0 aliphatic heterocycles. The first-order valence-corrected chi connectivity index (χ1v) is 6.59. The van der Waals surface area contributed by atoms with Crippen LogP contribution in [0.25, 0.3) is 0 Å². The number of carbonyl (C=O) groups is 1. The number of nitrogens with one attached hydrogen (secondary N) is 1. The highest BCUT2D eigenvalue weighted by molar-refractivity contribution is 5.79. The zero-order chi connectivity index (χ0) is 14.6. The van der Waals surface area contributed by atoms with Crippen molar-refractivity contribution >= 4 is 5.91 Å². The van der Waals surface area contributed by atoms with Crippen LogP contribution in [0.1, 0.15) is 25.0 Å². The third-order valence-corrected chi connectivity index (χ3v) is 3.21. The fraction of sp³-hybridized carbons (Fsp3) is 0.235. The molecule has 3 heteroatoms. The van der Waals surface area contributed by atoms with Crippen molar-refractivity contribution in [3.8, 4) is 0 Å². The van der Waals surface area contributed by atoms with Crippen molar-refractivity contribution in [2.24, 2.45) is 0 Å². The number of hydrogen-bond donors (Lipinski definition) is 1. The smallest absolute Gasteiger partial charge is 0.225 e. The Morgan fingerprint density at radius 2 is 1.65 bits per heavy atom. The molecule has 0 fully saturated rings. The molecule has 0 atom stereocenters. The predicted octanol–water partition coefficient (Wildman–Crippen LogP) is 3.42. The number of rotatable bonds is 4. The molecule has 2 nitrogen and oxygen atoms in total. The van der Waals surface area contributed by atoms with Crippen LogP contribution in [0.4, 0.5) is 4.39 Å². The molecule has 1 amide bonds. The SMILES string of the molecule is CC(C)(NC(=O)Cc1ccccc1)c1ccccc1F. The summed E-state index contributed by atoms with van der Waals surface area (Å²) in [5.41, 5.74) is 0.688. The molecule has 0 aliphatic carbocycles. The fourth-order valence-electron chi connectivity index (χ4n) is 2.21. The third kappa shape index (κ3) is 3.44. The Labute approximate surface area is 118 Å². The largest absolute Gasteiger partial charge is 0.347 e. The number of benzene rings is 2. The predicted molar refractivity (Wildman–Crippen MR) is 77.7 cm³/mol.